The summed E-state index contributed by atoms with van der Waals surface area (Å²) < 4.78 is 1.84. The van der Waals surface area contributed by atoms with Gasteiger partial charge in [0.2, 0.25) is 5.91 Å². The second-order valence-corrected chi connectivity index (χ2v) is 7.67. The molecule has 2 aromatic heterocycles. The Hall–Kier alpha value is -3.00. The number of fused-ring (bicyclic) bond motifs is 1. The van der Waals surface area contributed by atoms with Crippen LogP contribution in [0.15, 0.2) is 30.6 Å². The number of amides is 1. The van der Waals surface area contributed by atoms with Crippen LogP contribution in [-0.2, 0) is 17.9 Å². The second kappa shape index (κ2) is 8.16. The van der Waals surface area contributed by atoms with Crippen LogP contribution < -0.4 is 5.32 Å². The van der Waals surface area contributed by atoms with E-state index in [1.54, 1.807) is 18.5 Å². The monoisotopic (exact) mass is 394 g/mol. The summed E-state index contributed by atoms with van der Waals surface area (Å²) in [5, 5.41) is 17.8. The van der Waals surface area contributed by atoms with Crippen LogP contribution in [-0.4, -0.2) is 55.3 Å². The molecule has 0 spiro atoms. The summed E-state index contributed by atoms with van der Waals surface area (Å²) in [6.45, 7) is 7.13. The maximum Gasteiger partial charge on any atom is 0.216 e. The van der Waals surface area contributed by atoms with E-state index in [1.165, 1.54) is 6.92 Å². The second-order valence-electron chi connectivity index (χ2n) is 7.67. The van der Waals surface area contributed by atoms with Crippen molar-refractivity contribution in [1.29, 1.82) is 0 Å². The molecule has 3 heterocycles. The largest absolute Gasteiger partial charge is 0.508 e. The number of benzene rings is 1. The lowest BCUT2D eigenvalue weighted by molar-refractivity contribution is -0.118. The first-order valence-electron chi connectivity index (χ1n) is 9.94. The molecule has 0 saturated carbocycles. The van der Waals surface area contributed by atoms with E-state index in [1.807, 2.05) is 23.7 Å². The van der Waals surface area contributed by atoms with E-state index in [4.69, 9.17) is 5.10 Å². The van der Waals surface area contributed by atoms with Crippen molar-refractivity contribution in [3.05, 3.63) is 47.4 Å². The number of rotatable bonds is 6. The minimum atomic E-state index is -0.0568. The van der Waals surface area contributed by atoms with Crippen LogP contribution in [0.4, 0.5) is 0 Å². The molecule has 1 aliphatic rings. The van der Waals surface area contributed by atoms with Gasteiger partial charge in [-0.2, -0.15) is 5.10 Å². The maximum absolute atomic E-state index is 11.2. The highest BCUT2D eigenvalue weighted by Crippen LogP contribution is 2.32. The van der Waals surface area contributed by atoms with Gasteiger partial charge in [-0.25, -0.2) is 14.6 Å². The van der Waals surface area contributed by atoms with Gasteiger partial charge in [-0.3, -0.25) is 9.69 Å². The van der Waals surface area contributed by atoms with Crippen LogP contribution in [0, 0.1) is 6.92 Å². The molecule has 1 aromatic carbocycles. The van der Waals surface area contributed by atoms with Gasteiger partial charge in [0.1, 0.15) is 11.3 Å². The third-order valence-corrected chi connectivity index (χ3v) is 5.38. The third kappa shape index (κ3) is 4.22. The fourth-order valence-electron chi connectivity index (χ4n) is 3.98. The zero-order valence-electron chi connectivity index (χ0n) is 16.8. The minimum absolute atomic E-state index is 0.0568. The number of hydrogen-bond donors (Lipinski definition) is 2. The first kappa shape index (κ1) is 19.3. The Bertz CT molecular complexity index is 1030. The normalized spacial score (nSPS) is 17.1. The van der Waals surface area contributed by atoms with Crippen molar-refractivity contribution < 1.29 is 9.90 Å². The first-order chi connectivity index (χ1) is 14.0. The number of aromatic hydroxyl groups is 1. The summed E-state index contributed by atoms with van der Waals surface area (Å²) in [7, 11) is 0. The number of carbonyl (C=O) groups excluding carboxylic acids is 1. The first-order valence-corrected chi connectivity index (χ1v) is 9.94. The van der Waals surface area contributed by atoms with Crippen molar-refractivity contribution in [1.82, 2.24) is 30.0 Å². The number of carbonyl (C=O) groups is 1. The number of nitrogens with one attached hydrogen (secondary N) is 1. The molecule has 152 valence electrons. The topological polar surface area (TPSA) is 96.2 Å². The lowest BCUT2D eigenvalue weighted by Gasteiger charge is -2.17. The molecule has 1 saturated heterocycles. The SMILES string of the molecule is CC(=O)NCCn1nc(C2CCN(Cc3cc(C)ccc3O)C2)c2nccnc21. The lowest BCUT2D eigenvalue weighted by atomic mass is 10.0. The van der Waals surface area contributed by atoms with Crippen LogP contribution >= 0.6 is 0 Å². The summed E-state index contributed by atoms with van der Waals surface area (Å²) in [5.41, 5.74) is 4.65. The number of nitrogens with zero attached hydrogens (tertiary/aromatic N) is 5. The molecular weight excluding hydrogens is 368 g/mol. The zero-order valence-corrected chi connectivity index (χ0v) is 16.8. The van der Waals surface area contributed by atoms with Crippen LogP contribution in [0.1, 0.15) is 36.1 Å². The molecule has 29 heavy (non-hydrogen) atoms. The Morgan fingerprint density at radius 1 is 1.31 bits per heavy atom. The van der Waals surface area contributed by atoms with Gasteiger partial charge >= 0.3 is 0 Å². The van der Waals surface area contributed by atoms with E-state index in [-0.39, 0.29) is 11.8 Å². The molecule has 1 amide bonds. The van der Waals surface area contributed by atoms with Crippen molar-refractivity contribution in [2.24, 2.45) is 0 Å². The van der Waals surface area contributed by atoms with Gasteiger partial charge in [0, 0.05) is 50.4 Å². The van der Waals surface area contributed by atoms with Crippen molar-refractivity contribution in [3.63, 3.8) is 0 Å². The predicted molar refractivity (Wildman–Crippen MR) is 109 cm³/mol. The average Bonchev–Trinajstić information content (AvgIpc) is 3.29. The van der Waals surface area contributed by atoms with E-state index < -0.39 is 0 Å². The van der Waals surface area contributed by atoms with E-state index in [2.05, 4.69) is 20.2 Å². The summed E-state index contributed by atoms with van der Waals surface area (Å²) >= 11 is 0. The van der Waals surface area contributed by atoms with Crippen molar-refractivity contribution in [2.45, 2.75) is 39.3 Å². The molecule has 1 unspecified atom stereocenters. The molecule has 4 rings (SSSR count). The highest BCUT2D eigenvalue weighted by Gasteiger charge is 2.29. The van der Waals surface area contributed by atoms with Crippen LogP contribution in [0.2, 0.25) is 0 Å². The van der Waals surface area contributed by atoms with Gasteiger partial charge in [-0.15, -0.1) is 0 Å². The van der Waals surface area contributed by atoms with Gasteiger partial charge in [0.05, 0.1) is 12.2 Å². The molecular formula is C21H26N6O2. The Kier molecular flexibility index (Phi) is 5.44. The number of hydrogen-bond acceptors (Lipinski definition) is 6. The lowest BCUT2D eigenvalue weighted by Crippen LogP contribution is -2.25. The summed E-state index contributed by atoms with van der Waals surface area (Å²) in [4.78, 5) is 22.5. The molecule has 0 radical (unpaired) electrons. The molecule has 2 N–H and O–H groups in total. The number of aromatic nitrogens is 4. The molecule has 1 aliphatic heterocycles. The van der Waals surface area contributed by atoms with E-state index in [0.29, 0.717) is 18.8 Å². The maximum atomic E-state index is 11.2. The quantitative estimate of drug-likeness (QED) is 0.664. The van der Waals surface area contributed by atoms with Gasteiger partial charge in [0.25, 0.3) is 0 Å². The Balaban J connectivity index is 1.51. The van der Waals surface area contributed by atoms with Crippen molar-refractivity contribution >= 4 is 17.1 Å². The Labute approximate surface area is 169 Å². The van der Waals surface area contributed by atoms with Crippen LogP contribution in [0.25, 0.3) is 11.2 Å². The van der Waals surface area contributed by atoms with Crippen LogP contribution in [0.3, 0.4) is 0 Å². The highest BCUT2D eigenvalue weighted by atomic mass is 16.3. The Morgan fingerprint density at radius 2 is 2.14 bits per heavy atom. The fourth-order valence-corrected chi connectivity index (χ4v) is 3.98. The smallest absolute Gasteiger partial charge is 0.216 e. The molecule has 1 atom stereocenters. The summed E-state index contributed by atoms with van der Waals surface area (Å²) in [6, 6.07) is 5.72. The van der Waals surface area contributed by atoms with Gasteiger partial charge < -0.3 is 10.4 Å². The van der Waals surface area contributed by atoms with Crippen molar-refractivity contribution in [2.75, 3.05) is 19.6 Å². The third-order valence-electron chi connectivity index (χ3n) is 5.38. The number of phenolic OH excluding ortho intramolecular Hbond substituents is 1. The van der Waals surface area contributed by atoms with Gasteiger partial charge in [-0.1, -0.05) is 17.7 Å². The number of aryl methyl sites for hydroxylation is 1. The minimum Gasteiger partial charge on any atom is -0.508 e. The molecule has 3 aromatic rings. The highest BCUT2D eigenvalue weighted by molar-refractivity contribution is 5.74. The van der Waals surface area contributed by atoms with Crippen molar-refractivity contribution in [3.8, 4) is 5.75 Å². The summed E-state index contributed by atoms with van der Waals surface area (Å²) in [5.74, 6) is 0.555. The molecule has 8 heteroatoms. The number of likely N-dealkylation sites (tertiary alicyclic amines) is 1. The fraction of sp³-hybridized carbons (Fsp3) is 0.429. The standard InChI is InChI=1S/C21H26N6O2/c1-14-3-4-18(29)17(11-14)13-26-9-5-16(12-26)19-20-21(24-7-6-23-20)27(25-19)10-8-22-15(2)28/h3-4,6-7,11,16,29H,5,8-10,12-13H2,1-2H3,(H,22,28). The summed E-state index contributed by atoms with van der Waals surface area (Å²) in [6.07, 6.45) is 4.36. The molecule has 0 bridgehead atoms. The zero-order chi connectivity index (χ0) is 20.4. The van der Waals surface area contributed by atoms with E-state index in [9.17, 15) is 9.90 Å². The molecule has 1 fully saturated rings. The predicted octanol–water partition coefficient (Wildman–Crippen LogP) is 1.97. The molecule has 0 aliphatic carbocycles. The van der Waals surface area contributed by atoms with E-state index >= 15 is 0 Å². The van der Waals surface area contributed by atoms with E-state index in [0.717, 1.165) is 54.0 Å². The van der Waals surface area contributed by atoms with Gasteiger partial charge in [-0.05, 0) is 26.0 Å². The molecule has 8 nitrogen and oxygen atoms in total. The number of phenols is 1. The van der Waals surface area contributed by atoms with Gasteiger partial charge in [0.15, 0.2) is 5.65 Å². The van der Waals surface area contributed by atoms with Crippen LogP contribution in [0.5, 0.6) is 5.75 Å². The average molecular weight is 394 g/mol. The Morgan fingerprint density at radius 3 is 2.97 bits per heavy atom.